The lowest BCUT2D eigenvalue weighted by molar-refractivity contribution is 0.347. The van der Waals surface area contributed by atoms with Gasteiger partial charge in [0.15, 0.2) is 0 Å². The Balaban J connectivity index is 2.15. The normalized spacial score (nSPS) is 11.4. The van der Waals surface area contributed by atoms with Crippen LogP contribution in [0.15, 0.2) is 24.3 Å². The van der Waals surface area contributed by atoms with Crippen LogP contribution in [0.5, 0.6) is 0 Å². The third-order valence-corrected chi connectivity index (χ3v) is 3.40. The van der Waals surface area contributed by atoms with Gasteiger partial charge in [-0.25, -0.2) is 4.98 Å². The SMILES string of the molecule is CN(CCCl)Cc1nc2ccccc2s1. The third-order valence-electron chi connectivity index (χ3n) is 2.21. The van der Waals surface area contributed by atoms with Crippen LogP contribution in [0.3, 0.4) is 0 Å². The Kier molecular flexibility index (Phi) is 3.57. The Morgan fingerprint density at radius 1 is 1.40 bits per heavy atom. The van der Waals surface area contributed by atoms with Gasteiger partial charge >= 0.3 is 0 Å². The topological polar surface area (TPSA) is 16.1 Å². The number of nitrogens with zero attached hydrogens (tertiary/aromatic N) is 2. The molecule has 0 aliphatic rings. The monoisotopic (exact) mass is 240 g/mol. The number of fused-ring (bicyclic) bond motifs is 1. The first-order chi connectivity index (χ1) is 7.29. The predicted octanol–water partition coefficient (Wildman–Crippen LogP) is 2.97. The summed E-state index contributed by atoms with van der Waals surface area (Å²) in [5, 5.41) is 1.16. The van der Waals surface area contributed by atoms with Crippen LogP contribution in [0.2, 0.25) is 0 Å². The van der Waals surface area contributed by atoms with Gasteiger partial charge in [0.1, 0.15) is 5.01 Å². The Bertz CT molecular complexity index is 408. The maximum atomic E-state index is 5.68. The molecule has 4 heteroatoms. The first-order valence-corrected chi connectivity index (χ1v) is 6.23. The predicted molar refractivity (Wildman–Crippen MR) is 66.7 cm³/mol. The molecule has 1 heterocycles. The second kappa shape index (κ2) is 4.92. The van der Waals surface area contributed by atoms with Gasteiger partial charge in [-0.3, -0.25) is 4.90 Å². The molecule has 80 valence electrons. The summed E-state index contributed by atoms with van der Waals surface area (Å²) in [5.41, 5.74) is 1.09. The summed E-state index contributed by atoms with van der Waals surface area (Å²) in [5.74, 6) is 0.668. The minimum Gasteiger partial charge on any atom is -0.299 e. The van der Waals surface area contributed by atoms with E-state index in [0.29, 0.717) is 5.88 Å². The minimum atomic E-state index is 0.668. The lowest BCUT2D eigenvalue weighted by Gasteiger charge is -2.11. The largest absolute Gasteiger partial charge is 0.299 e. The molecule has 0 saturated heterocycles. The summed E-state index contributed by atoms with van der Waals surface area (Å²) in [6.07, 6.45) is 0. The number of hydrogen-bond acceptors (Lipinski definition) is 3. The van der Waals surface area contributed by atoms with Crippen molar-refractivity contribution in [1.29, 1.82) is 0 Å². The van der Waals surface area contributed by atoms with Crippen LogP contribution in [-0.2, 0) is 6.54 Å². The smallest absolute Gasteiger partial charge is 0.108 e. The van der Waals surface area contributed by atoms with Crippen LogP contribution in [0.1, 0.15) is 5.01 Å². The summed E-state index contributed by atoms with van der Waals surface area (Å²) in [7, 11) is 2.06. The van der Waals surface area contributed by atoms with E-state index in [1.807, 2.05) is 12.1 Å². The van der Waals surface area contributed by atoms with Gasteiger partial charge < -0.3 is 0 Å². The van der Waals surface area contributed by atoms with E-state index in [1.165, 1.54) is 4.70 Å². The van der Waals surface area contributed by atoms with Gasteiger partial charge in [0.2, 0.25) is 0 Å². The highest BCUT2D eigenvalue weighted by molar-refractivity contribution is 7.18. The highest BCUT2D eigenvalue weighted by Gasteiger charge is 2.05. The molecule has 0 spiro atoms. The van der Waals surface area contributed by atoms with Crippen molar-refractivity contribution < 1.29 is 0 Å². The van der Waals surface area contributed by atoms with E-state index in [1.54, 1.807) is 11.3 Å². The van der Waals surface area contributed by atoms with Gasteiger partial charge in [-0.2, -0.15) is 0 Å². The van der Waals surface area contributed by atoms with Crippen molar-refractivity contribution in [2.45, 2.75) is 6.54 Å². The van der Waals surface area contributed by atoms with E-state index in [2.05, 4.69) is 29.1 Å². The third kappa shape index (κ3) is 2.68. The van der Waals surface area contributed by atoms with E-state index in [0.717, 1.165) is 23.6 Å². The lowest BCUT2D eigenvalue weighted by atomic mass is 10.3. The van der Waals surface area contributed by atoms with Gasteiger partial charge in [0.25, 0.3) is 0 Å². The zero-order valence-electron chi connectivity index (χ0n) is 8.61. The van der Waals surface area contributed by atoms with Gasteiger partial charge in [0.05, 0.1) is 16.8 Å². The maximum absolute atomic E-state index is 5.68. The molecule has 2 nitrogen and oxygen atoms in total. The van der Waals surface area contributed by atoms with Crippen LogP contribution in [0, 0.1) is 0 Å². The van der Waals surface area contributed by atoms with Crippen LogP contribution in [0.25, 0.3) is 10.2 Å². The van der Waals surface area contributed by atoms with Crippen molar-refractivity contribution >= 4 is 33.2 Å². The molecule has 0 unspecified atom stereocenters. The average Bonchev–Trinajstić information content (AvgIpc) is 2.59. The molecule has 0 radical (unpaired) electrons. The molecule has 0 aliphatic carbocycles. The first-order valence-electron chi connectivity index (χ1n) is 4.88. The van der Waals surface area contributed by atoms with Gasteiger partial charge in [-0.05, 0) is 19.2 Å². The number of thiazole rings is 1. The number of para-hydroxylation sites is 1. The Morgan fingerprint density at radius 2 is 2.20 bits per heavy atom. The zero-order chi connectivity index (χ0) is 10.7. The van der Waals surface area contributed by atoms with Crippen molar-refractivity contribution in [2.75, 3.05) is 19.5 Å². The number of rotatable bonds is 4. The van der Waals surface area contributed by atoms with Crippen molar-refractivity contribution in [2.24, 2.45) is 0 Å². The molecule has 2 rings (SSSR count). The van der Waals surface area contributed by atoms with Crippen molar-refractivity contribution in [3.8, 4) is 0 Å². The Hall–Kier alpha value is -0.640. The summed E-state index contributed by atoms with van der Waals surface area (Å²) >= 11 is 7.44. The minimum absolute atomic E-state index is 0.668. The number of alkyl halides is 1. The summed E-state index contributed by atoms with van der Waals surface area (Å²) in [4.78, 5) is 6.75. The standard InChI is InChI=1S/C11H13ClN2S/c1-14(7-6-12)8-11-13-9-4-2-3-5-10(9)15-11/h2-5H,6-8H2,1H3. The van der Waals surface area contributed by atoms with Gasteiger partial charge in [0, 0.05) is 12.4 Å². The highest BCUT2D eigenvalue weighted by Crippen LogP contribution is 2.22. The Morgan fingerprint density at radius 3 is 2.93 bits per heavy atom. The van der Waals surface area contributed by atoms with Gasteiger partial charge in [-0.1, -0.05) is 12.1 Å². The first kappa shape index (κ1) is 10.9. The molecule has 15 heavy (non-hydrogen) atoms. The van der Waals surface area contributed by atoms with Gasteiger partial charge in [-0.15, -0.1) is 22.9 Å². The molecule has 1 aromatic heterocycles. The fourth-order valence-corrected chi connectivity index (χ4v) is 2.78. The number of aromatic nitrogens is 1. The molecule has 0 aliphatic heterocycles. The number of hydrogen-bond donors (Lipinski definition) is 0. The zero-order valence-corrected chi connectivity index (χ0v) is 10.2. The highest BCUT2D eigenvalue weighted by atomic mass is 35.5. The molecule has 0 N–H and O–H groups in total. The quantitative estimate of drug-likeness (QED) is 0.764. The van der Waals surface area contributed by atoms with E-state index >= 15 is 0 Å². The van der Waals surface area contributed by atoms with Crippen molar-refractivity contribution in [3.63, 3.8) is 0 Å². The second-order valence-corrected chi connectivity index (χ2v) is 5.00. The average molecular weight is 241 g/mol. The molecule has 2 aromatic rings. The Labute approximate surface area is 98.5 Å². The molecule has 0 fully saturated rings. The van der Waals surface area contributed by atoms with Crippen LogP contribution in [0.4, 0.5) is 0 Å². The second-order valence-electron chi connectivity index (χ2n) is 3.50. The molecular formula is C11H13ClN2S. The van der Waals surface area contributed by atoms with Crippen LogP contribution >= 0.6 is 22.9 Å². The molecule has 0 bridgehead atoms. The van der Waals surface area contributed by atoms with Crippen LogP contribution < -0.4 is 0 Å². The molecular weight excluding hydrogens is 228 g/mol. The number of benzene rings is 1. The fraction of sp³-hybridized carbons (Fsp3) is 0.364. The summed E-state index contributed by atoms with van der Waals surface area (Å²) < 4.78 is 1.26. The molecule has 0 amide bonds. The van der Waals surface area contributed by atoms with Crippen molar-refractivity contribution in [3.05, 3.63) is 29.3 Å². The van der Waals surface area contributed by atoms with Crippen LogP contribution in [-0.4, -0.2) is 29.4 Å². The summed E-state index contributed by atoms with van der Waals surface area (Å²) in [6, 6.07) is 8.23. The molecule has 0 saturated carbocycles. The van der Waals surface area contributed by atoms with E-state index < -0.39 is 0 Å². The molecule has 0 atom stereocenters. The molecule has 1 aromatic carbocycles. The fourth-order valence-electron chi connectivity index (χ4n) is 1.44. The van der Waals surface area contributed by atoms with E-state index in [4.69, 9.17) is 11.6 Å². The lowest BCUT2D eigenvalue weighted by Crippen LogP contribution is -2.19. The maximum Gasteiger partial charge on any atom is 0.108 e. The van der Waals surface area contributed by atoms with Crippen molar-refractivity contribution in [1.82, 2.24) is 9.88 Å². The van der Waals surface area contributed by atoms with E-state index in [-0.39, 0.29) is 0 Å². The van der Waals surface area contributed by atoms with E-state index in [9.17, 15) is 0 Å². The number of halogens is 1. The summed E-state index contributed by atoms with van der Waals surface area (Å²) in [6.45, 7) is 1.78.